The van der Waals surface area contributed by atoms with Crippen molar-refractivity contribution in [2.75, 3.05) is 14.2 Å². The first-order valence-electron chi connectivity index (χ1n) is 5.40. The van der Waals surface area contributed by atoms with Crippen LogP contribution in [-0.4, -0.2) is 31.5 Å². The second-order valence-electron chi connectivity index (χ2n) is 3.80. The van der Waals surface area contributed by atoms with Gasteiger partial charge in [-0.3, -0.25) is 4.98 Å². The molecule has 0 aliphatic heterocycles. The van der Waals surface area contributed by atoms with E-state index in [1.165, 1.54) is 0 Å². The predicted octanol–water partition coefficient (Wildman–Crippen LogP) is 1.74. The number of hydrogen-bond donors (Lipinski definition) is 1. The quantitative estimate of drug-likeness (QED) is 0.747. The van der Waals surface area contributed by atoms with E-state index in [-0.39, 0.29) is 18.4 Å². The Morgan fingerprint density at radius 1 is 1.25 bits per heavy atom. The third-order valence-corrected chi connectivity index (χ3v) is 2.57. The van der Waals surface area contributed by atoms with Crippen LogP contribution in [0.5, 0.6) is 0 Å². The lowest BCUT2D eigenvalue weighted by Crippen LogP contribution is -2.40. The van der Waals surface area contributed by atoms with Crippen molar-refractivity contribution in [3.63, 3.8) is 0 Å². The largest absolute Gasteiger partial charge is 0.354 e. The van der Waals surface area contributed by atoms with Gasteiger partial charge in [-0.25, -0.2) is 0 Å². The summed E-state index contributed by atoms with van der Waals surface area (Å²) in [5.41, 5.74) is 1.15. The van der Waals surface area contributed by atoms with Crippen LogP contribution in [0.2, 0.25) is 0 Å². The molecule has 1 unspecified atom stereocenters. The lowest BCUT2D eigenvalue weighted by Gasteiger charge is -2.25. The van der Waals surface area contributed by atoms with Crippen LogP contribution in [-0.2, 0) is 9.47 Å². The van der Waals surface area contributed by atoms with Gasteiger partial charge in [0.15, 0.2) is 6.29 Å². The summed E-state index contributed by atoms with van der Waals surface area (Å²) in [6, 6.07) is 4.32. The highest BCUT2D eigenvalue weighted by Crippen LogP contribution is 2.12. The van der Waals surface area contributed by atoms with E-state index >= 15 is 0 Å². The first kappa shape index (κ1) is 13.1. The highest BCUT2D eigenvalue weighted by molar-refractivity contribution is 5.12. The summed E-state index contributed by atoms with van der Waals surface area (Å²) < 4.78 is 10.4. The average Bonchev–Trinajstić information content (AvgIpc) is 2.31. The molecule has 16 heavy (non-hydrogen) atoms. The summed E-state index contributed by atoms with van der Waals surface area (Å²) in [5, 5.41) is 3.41. The second-order valence-corrected chi connectivity index (χ2v) is 3.80. The molecule has 0 aliphatic rings. The van der Waals surface area contributed by atoms with Crippen LogP contribution >= 0.6 is 0 Å². The standard InChI is InChI=1S/C12H20N2O2/c1-9(11-6-5-7-13-8-11)14-10(2)12(15-3)16-4/h5-10,12,14H,1-4H3/t9-,10?/m0/s1. The van der Waals surface area contributed by atoms with Gasteiger partial charge in [-0.2, -0.15) is 0 Å². The number of nitrogens with zero attached hydrogens (tertiary/aromatic N) is 1. The van der Waals surface area contributed by atoms with Gasteiger partial charge in [-0.1, -0.05) is 6.07 Å². The molecule has 1 N–H and O–H groups in total. The Bertz CT molecular complexity index is 288. The van der Waals surface area contributed by atoms with Gasteiger partial charge in [-0.05, 0) is 25.5 Å². The molecule has 0 saturated carbocycles. The van der Waals surface area contributed by atoms with E-state index in [0.717, 1.165) is 5.56 Å². The Kier molecular flexibility index (Phi) is 5.38. The molecule has 0 amide bonds. The number of methoxy groups -OCH3 is 2. The number of aromatic nitrogens is 1. The number of rotatable bonds is 6. The fraction of sp³-hybridized carbons (Fsp3) is 0.583. The summed E-state index contributed by atoms with van der Waals surface area (Å²) in [6.07, 6.45) is 3.39. The highest BCUT2D eigenvalue weighted by atomic mass is 16.7. The van der Waals surface area contributed by atoms with Gasteiger partial charge in [0, 0.05) is 32.7 Å². The fourth-order valence-electron chi connectivity index (χ4n) is 1.71. The molecule has 0 saturated heterocycles. The predicted molar refractivity (Wildman–Crippen MR) is 63.1 cm³/mol. The minimum Gasteiger partial charge on any atom is -0.354 e. The van der Waals surface area contributed by atoms with Crippen LogP contribution < -0.4 is 5.32 Å². The van der Waals surface area contributed by atoms with Crippen molar-refractivity contribution in [3.05, 3.63) is 30.1 Å². The van der Waals surface area contributed by atoms with E-state index in [1.54, 1.807) is 20.4 Å². The zero-order valence-corrected chi connectivity index (χ0v) is 10.3. The molecule has 90 valence electrons. The monoisotopic (exact) mass is 224 g/mol. The van der Waals surface area contributed by atoms with Crippen LogP contribution in [0.1, 0.15) is 25.5 Å². The minimum absolute atomic E-state index is 0.116. The smallest absolute Gasteiger partial charge is 0.171 e. The summed E-state index contributed by atoms with van der Waals surface area (Å²) in [6.45, 7) is 4.13. The van der Waals surface area contributed by atoms with Crippen molar-refractivity contribution >= 4 is 0 Å². The van der Waals surface area contributed by atoms with E-state index in [2.05, 4.69) is 17.2 Å². The maximum atomic E-state index is 5.20. The molecule has 4 nitrogen and oxygen atoms in total. The van der Waals surface area contributed by atoms with Crippen molar-refractivity contribution in [2.45, 2.75) is 32.2 Å². The summed E-state index contributed by atoms with van der Waals surface area (Å²) >= 11 is 0. The van der Waals surface area contributed by atoms with Crippen molar-refractivity contribution in [3.8, 4) is 0 Å². The van der Waals surface area contributed by atoms with E-state index in [1.807, 2.05) is 25.3 Å². The molecular formula is C12H20N2O2. The van der Waals surface area contributed by atoms with Crippen molar-refractivity contribution < 1.29 is 9.47 Å². The molecule has 1 rings (SSSR count). The first-order chi connectivity index (χ1) is 7.69. The van der Waals surface area contributed by atoms with E-state index in [4.69, 9.17) is 9.47 Å². The molecule has 2 atom stereocenters. The normalized spacial score (nSPS) is 15.1. The highest BCUT2D eigenvalue weighted by Gasteiger charge is 2.18. The van der Waals surface area contributed by atoms with Gasteiger partial charge in [0.1, 0.15) is 0 Å². The molecule has 1 aromatic rings. The molecule has 1 aromatic heterocycles. The van der Waals surface area contributed by atoms with Crippen molar-refractivity contribution in [2.24, 2.45) is 0 Å². The average molecular weight is 224 g/mol. The number of hydrogen-bond acceptors (Lipinski definition) is 4. The number of pyridine rings is 1. The van der Waals surface area contributed by atoms with Crippen LogP contribution in [0, 0.1) is 0 Å². The van der Waals surface area contributed by atoms with Gasteiger partial charge < -0.3 is 14.8 Å². The number of ether oxygens (including phenoxy) is 2. The summed E-state index contributed by atoms with van der Waals surface area (Å²) in [5.74, 6) is 0. The topological polar surface area (TPSA) is 43.4 Å². The number of nitrogens with one attached hydrogen (secondary N) is 1. The molecule has 0 aliphatic carbocycles. The van der Waals surface area contributed by atoms with Gasteiger partial charge in [-0.15, -0.1) is 0 Å². The Morgan fingerprint density at radius 3 is 2.44 bits per heavy atom. The van der Waals surface area contributed by atoms with Gasteiger partial charge >= 0.3 is 0 Å². The molecule has 0 aromatic carbocycles. The third kappa shape index (κ3) is 3.56. The molecule has 4 heteroatoms. The Hall–Kier alpha value is -0.970. The van der Waals surface area contributed by atoms with Crippen LogP contribution in [0.15, 0.2) is 24.5 Å². The Balaban J connectivity index is 2.54. The summed E-state index contributed by atoms with van der Waals surface area (Å²) in [7, 11) is 3.28. The molecule has 0 spiro atoms. The molecular weight excluding hydrogens is 204 g/mol. The van der Waals surface area contributed by atoms with Gasteiger partial charge in [0.25, 0.3) is 0 Å². The first-order valence-corrected chi connectivity index (χ1v) is 5.40. The van der Waals surface area contributed by atoms with Gasteiger partial charge in [0.05, 0.1) is 6.04 Å². The summed E-state index contributed by atoms with van der Waals surface area (Å²) in [4.78, 5) is 4.10. The Labute approximate surface area is 97.0 Å². The van der Waals surface area contributed by atoms with Gasteiger partial charge in [0.2, 0.25) is 0 Å². The SMILES string of the molecule is COC(OC)C(C)N[C@@H](C)c1cccnc1. The molecule has 0 fully saturated rings. The van der Waals surface area contributed by atoms with Crippen LogP contribution in [0.25, 0.3) is 0 Å². The van der Waals surface area contributed by atoms with Crippen molar-refractivity contribution in [1.82, 2.24) is 10.3 Å². The minimum atomic E-state index is -0.237. The van der Waals surface area contributed by atoms with Crippen LogP contribution in [0.3, 0.4) is 0 Å². The zero-order valence-electron chi connectivity index (χ0n) is 10.3. The third-order valence-electron chi connectivity index (χ3n) is 2.57. The second kappa shape index (κ2) is 6.58. The molecule has 0 bridgehead atoms. The maximum Gasteiger partial charge on any atom is 0.171 e. The maximum absolute atomic E-state index is 5.20. The van der Waals surface area contributed by atoms with Crippen LogP contribution in [0.4, 0.5) is 0 Å². The zero-order chi connectivity index (χ0) is 12.0. The molecule has 0 radical (unpaired) electrons. The van der Waals surface area contributed by atoms with E-state index in [9.17, 15) is 0 Å². The molecule has 1 heterocycles. The van der Waals surface area contributed by atoms with E-state index < -0.39 is 0 Å². The van der Waals surface area contributed by atoms with E-state index in [0.29, 0.717) is 0 Å². The lowest BCUT2D eigenvalue weighted by atomic mass is 10.1. The van der Waals surface area contributed by atoms with Crippen molar-refractivity contribution in [1.29, 1.82) is 0 Å². The fourth-order valence-corrected chi connectivity index (χ4v) is 1.71. The Morgan fingerprint density at radius 2 is 1.94 bits per heavy atom. The lowest BCUT2D eigenvalue weighted by molar-refractivity contribution is -0.120.